The van der Waals surface area contributed by atoms with Gasteiger partial charge in [-0.1, -0.05) is 12.1 Å². The second-order valence-electron chi connectivity index (χ2n) is 7.93. The van der Waals surface area contributed by atoms with Gasteiger partial charge in [0, 0.05) is 29.7 Å². The fourth-order valence-corrected chi connectivity index (χ4v) is 3.88. The molecule has 0 bridgehead atoms. The van der Waals surface area contributed by atoms with Crippen molar-refractivity contribution in [3.8, 4) is 5.75 Å². The molecule has 3 heterocycles. The number of ether oxygens (including phenoxy) is 2. The number of hydrogen-bond acceptors (Lipinski definition) is 6. The number of pyridine rings is 1. The number of carbonyl (C=O) groups excluding carboxylic acids is 2. The Balaban J connectivity index is 1.40. The highest BCUT2D eigenvalue weighted by Gasteiger charge is 2.18. The van der Waals surface area contributed by atoms with E-state index in [0.717, 1.165) is 30.1 Å². The molecule has 0 amide bonds. The molecule has 0 unspecified atom stereocenters. The zero-order valence-electron chi connectivity index (χ0n) is 19.2. The van der Waals surface area contributed by atoms with Gasteiger partial charge in [-0.15, -0.1) is 10.2 Å². The first-order valence-electron chi connectivity index (χ1n) is 10.7. The average Bonchev–Trinajstić information content (AvgIpc) is 3.34. The standard InChI is InChI=1S/C25H26N4O4/c1-16-13-22(17(2)28(16)12-11-19-5-8-21(32-4)9-6-19)23(30)15-33-25(31)20-7-10-24-27-26-18(3)29(24)14-20/h5-10,13-14H,11-12,15H2,1-4H3. The lowest BCUT2D eigenvalue weighted by atomic mass is 10.1. The van der Waals surface area contributed by atoms with E-state index in [1.807, 2.05) is 44.2 Å². The molecule has 0 saturated heterocycles. The Bertz CT molecular complexity index is 1320. The minimum atomic E-state index is -0.563. The van der Waals surface area contributed by atoms with E-state index in [1.54, 1.807) is 36.8 Å². The van der Waals surface area contributed by atoms with E-state index in [2.05, 4.69) is 14.8 Å². The zero-order chi connectivity index (χ0) is 23.5. The predicted octanol–water partition coefficient (Wildman–Crippen LogP) is 3.75. The second-order valence-corrected chi connectivity index (χ2v) is 7.93. The average molecular weight is 447 g/mol. The van der Waals surface area contributed by atoms with Crippen LogP contribution in [0.2, 0.25) is 0 Å². The van der Waals surface area contributed by atoms with Crippen molar-refractivity contribution >= 4 is 17.4 Å². The molecule has 0 fully saturated rings. The highest BCUT2D eigenvalue weighted by Crippen LogP contribution is 2.18. The summed E-state index contributed by atoms with van der Waals surface area (Å²) in [6.07, 6.45) is 2.44. The SMILES string of the molecule is COc1ccc(CCn2c(C)cc(C(=O)COC(=O)c3ccc4nnc(C)n4c3)c2C)cc1. The van der Waals surface area contributed by atoms with Crippen LogP contribution in [0.4, 0.5) is 0 Å². The number of esters is 1. The van der Waals surface area contributed by atoms with E-state index in [0.29, 0.717) is 22.6 Å². The molecule has 33 heavy (non-hydrogen) atoms. The first-order chi connectivity index (χ1) is 15.9. The van der Waals surface area contributed by atoms with Crippen molar-refractivity contribution in [1.29, 1.82) is 0 Å². The number of aryl methyl sites for hydroxylation is 3. The number of hydrogen-bond donors (Lipinski definition) is 0. The molecule has 0 aliphatic rings. The molecule has 0 atom stereocenters. The smallest absolute Gasteiger partial charge is 0.340 e. The third-order valence-electron chi connectivity index (χ3n) is 5.80. The normalized spacial score (nSPS) is 11.0. The Hall–Kier alpha value is -3.94. The fraction of sp³-hybridized carbons (Fsp3) is 0.280. The summed E-state index contributed by atoms with van der Waals surface area (Å²) in [5.41, 5.74) is 4.59. The van der Waals surface area contributed by atoms with Gasteiger partial charge in [0.2, 0.25) is 5.78 Å². The van der Waals surface area contributed by atoms with Crippen LogP contribution in [-0.2, 0) is 17.7 Å². The van der Waals surface area contributed by atoms with Gasteiger partial charge in [0.15, 0.2) is 12.3 Å². The van der Waals surface area contributed by atoms with Gasteiger partial charge in [-0.2, -0.15) is 0 Å². The largest absolute Gasteiger partial charge is 0.497 e. The van der Waals surface area contributed by atoms with E-state index in [-0.39, 0.29) is 12.4 Å². The van der Waals surface area contributed by atoms with Gasteiger partial charge >= 0.3 is 5.97 Å². The molecule has 0 radical (unpaired) electrons. The summed E-state index contributed by atoms with van der Waals surface area (Å²) in [5, 5.41) is 7.96. The molecule has 0 N–H and O–H groups in total. The quantitative estimate of drug-likeness (QED) is 0.303. The molecule has 3 aromatic heterocycles. The number of Topliss-reactive ketones (excluding diaryl/α,β-unsaturated/α-hetero) is 1. The molecule has 4 rings (SSSR count). The molecule has 8 heteroatoms. The van der Waals surface area contributed by atoms with Crippen LogP contribution in [0.15, 0.2) is 48.7 Å². The van der Waals surface area contributed by atoms with Crippen LogP contribution in [-0.4, -0.2) is 44.6 Å². The number of ketones is 1. The summed E-state index contributed by atoms with van der Waals surface area (Å²) in [5.74, 6) is 0.699. The highest BCUT2D eigenvalue weighted by atomic mass is 16.5. The van der Waals surface area contributed by atoms with Crippen LogP contribution in [0, 0.1) is 20.8 Å². The lowest BCUT2D eigenvalue weighted by molar-refractivity contribution is 0.0474. The van der Waals surface area contributed by atoms with Crippen LogP contribution in [0.25, 0.3) is 5.65 Å². The van der Waals surface area contributed by atoms with E-state index >= 15 is 0 Å². The maximum atomic E-state index is 12.8. The van der Waals surface area contributed by atoms with Crippen LogP contribution in [0.3, 0.4) is 0 Å². The third kappa shape index (κ3) is 4.64. The second kappa shape index (κ2) is 9.28. The molecule has 8 nitrogen and oxygen atoms in total. The minimum absolute atomic E-state index is 0.228. The van der Waals surface area contributed by atoms with Crippen LogP contribution in [0.5, 0.6) is 5.75 Å². The Morgan fingerprint density at radius 1 is 1.00 bits per heavy atom. The fourth-order valence-electron chi connectivity index (χ4n) is 3.88. The summed E-state index contributed by atoms with van der Waals surface area (Å²) in [6.45, 7) is 6.11. The number of aromatic nitrogens is 4. The lowest BCUT2D eigenvalue weighted by Gasteiger charge is -2.10. The van der Waals surface area contributed by atoms with Crippen molar-refractivity contribution < 1.29 is 19.1 Å². The summed E-state index contributed by atoms with van der Waals surface area (Å²) < 4.78 is 14.3. The maximum absolute atomic E-state index is 12.8. The Kier molecular flexibility index (Phi) is 6.26. The van der Waals surface area contributed by atoms with E-state index in [1.165, 1.54) is 5.56 Å². The Morgan fingerprint density at radius 3 is 2.48 bits per heavy atom. The van der Waals surface area contributed by atoms with Gasteiger partial charge in [-0.25, -0.2) is 4.79 Å². The monoisotopic (exact) mass is 446 g/mol. The lowest BCUT2D eigenvalue weighted by Crippen LogP contribution is -2.15. The molecule has 0 saturated carbocycles. The van der Waals surface area contributed by atoms with Crippen LogP contribution in [0.1, 0.15) is 43.5 Å². The third-order valence-corrected chi connectivity index (χ3v) is 5.80. The summed E-state index contributed by atoms with van der Waals surface area (Å²) in [4.78, 5) is 25.3. The first kappa shape index (κ1) is 22.3. The topological polar surface area (TPSA) is 87.7 Å². The molecule has 170 valence electrons. The van der Waals surface area contributed by atoms with Crippen LogP contribution >= 0.6 is 0 Å². The van der Waals surface area contributed by atoms with Crippen molar-refractivity contribution in [2.45, 2.75) is 33.7 Å². The molecular weight excluding hydrogens is 420 g/mol. The highest BCUT2D eigenvalue weighted by molar-refractivity contribution is 6.00. The van der Waals surface area contributed by atoms with Crippen molar-refractivity contribution in [2.24, 2.45) is 0 Å². The summed E-state index contributed by atoms with van der Waals surface area (Å²) >= 11 is 0. The van der Waals surface area contributed by atoms with Gasteiger partial charge in [0.25, 0.3) is 0 Å². The van der Waals surface area contributed by atoms with E-state index in [4.69, 9.17) is 9.47 Å². The number of benzene rings is 1. The zero-order valence-corrected chi connectivity index (χ0v) is 19.2. The van der Waals surface area contributed by atoms with Gasteiger partial charge in [-0.3, -0.25) is 9.20 Å². The maximum Gasteiger partial charge on any atom is 0.340 e. The molecular formula is C25H26N4O4. The van der Waals surface area contributed by atoms with E-state index in [9.17, 15) is 9.59 Å². The molecule has 0 aliphatic carbocycles. The molecule has 0 aliphatic heterocycles. The number of methoxy groups -OCH3 is 1. The molecule has 0 spiro atoms. The number of rotatable bonds is 8. The summed E-state index contributed by atoms with van der Waals surface area (Å²) in [6, 6.07) is 13.1. The molecule has 1 aromatic carbocycles. The van der Waals surface area contributed by atoms with E-state index < -0.39 is 5.97 Å². The first-order valence-corrected chi connectivity index (χ1v) is 10.7. The van der Waals surface area contributed by atoms with Crippen LogP contribution < -0.4 is 4.74 Å². The van der Waals surface area contributed by atoms with Crippen molar-refractivity contribution in [3.05, 3.63) is 82.6 Å². The molecule has 4 aromatic rings. The predicted molar refractivity (Wildman–Crippen MR) is 123 cm³/mol. The van der Waals surface area contributed by atoms with Crippen molar-refractivity contribution in [3.63, 3.8) is 0 Å². The number of nitrogens with zero attached hydrogens (tertiary/aromatic N) is 4. The number of carbonyl (C=O) groups is 2. The van der Waals surface area contributed by atoms with Crippen molar-refractivity contribution in [2.75, 3.05) is 13.7 Å². The van der Waals surface area contributed by atoms with Gasteiger partial charge in [0.1, 0.15) is 11.6 Å². The Labute approximate surface area is 191 Å². The summed E-state index contributed by atoms with van der Waals surface area (Å²) in [7, 11) is 1.65. The number of fused-ring (bicyclic) bond motifs is 1. The van der Waals surface area contributed by atoms with Gasteiger partial charge in [0.05, 0.1) is 12.7 Å². The van der Waals surface area contributed by atoms with Gasteiger partial charge in [-0.05, 0) is 63.1 Å². The minimum Gasteiger partial charge on any atom is -0.497 e. The van der Waals surface area contributed by atoms with Gasteiger partial charge < -0.3 is 14.0 Å². The Morgan fingerprint density at radius 2 is 1.76 bits per heavy atom. The van der Waals surface area contributed by atoms with Crippen molar-refractivity contribution in [1.82, 2.24) is 19.2 Å².